The number of carbonyl (C=O) groups excluding carboxylic acids is 1. The van der Waals surface area contributed by atoms with Crippen molar-refractivity contribution in [3.05, 3.63) is 58.9 Å². The third-order valence-electron chi connectivity index (χ3n) is 3.51. The van der Waals surface area contributed by atoms with Gasteiger partial charge in [0.05, 0.1) is 21.5 Å². The Hall–Kier alpha value is -1.96. The molecule has 0 saturated carbocycles. The van der Waals surface area contributed by atoms with Crippen molar-refractivity contribution in [2.45, 2.75) is 17.9 Å². The number of halogens is 1. The van der Waals surface area contributed by atoms with Gasteiger partial charge in [-0.3, -0.25) is 9.78 Å². The van der Waals surface area contributed by atoms with E-state index in [1.807, 2.05) is 6.92 Å². The van der Waals surface area contributed by atoms with E-state index in [1.165, 1.54) is 32.3 Å². The molecule has 1 N–H and O–H groups in total. The van der Waals surface area contributed by atoms with E-state index in [2.05, 4.69) is 10.3 Å². The van der Waals surface area contributed by atoms with Gasteiger partial charge in [0.15, 0.2) is 0 Å². The maximum atomic E-state index is 12.5. The summed E-state index contributed by atoms with van der Waals surface area (Å²) in [6, 6.07) is 7.38. The summed E-state index contributed by atoms with van der Waals surface area (Å²) in [7, 11) is -0.792. The first-order valence-electron chi connectivity index (χ1n) is 7.16. The molecule has 1 atom stereocenters. The van der Waals surface area contributed by atoms with E-state index in [1.54, 1.807) is 24.5 Å². The van der Waals surface area contributed by atoms with Crippen LogP contribution in [0.5, 0.6) is 0 Å². The highest BCUT2D eigenvalue weighted by atomic mass is 35.5. The summed E-state index contributed by atoms with van der Waals surface area (Å²) in [4.78, 5) is 16.4. The van der Waals surface area contributed by atoms with E-state index in [9.17, 15) is 13.2 Å². The zero-order valence-electron chi connectivity index (χ0n) is 13.5. The van der Waals surface area contributed by atoms with E-state index in [4.69, 9.17) is 11.6 Å². The lowest BCUT2D eigenvalue weighted by Gasteiger charge is -2.16. The molecule has 0 spiro atoms. The van der Waals surface area contributed by atoms with E-state index in [0.29, 0.717) is 0 Å². The van der Waals surface area contributed by atoms with Crippen LogP contribution in [0.3, 0.4) is 0 Å². The van der Waals surface area contributed by atoms with E-state index in [0.717, 1.165) is 9.87 Å². The molecule has 1 heterocycles. The average Bonchev–Trinajstić information content (AvgIpc) is 2.55. The number of aromatic nitrogens is 1. The minimum absolute atomic E-state index is 0.0126. The van der Waals surface area contributed by atoms with Crippen LogP contribution in [0.4, 0.5) is 0 Å². The van der Waals surface area contributed by atoms with Crippen molar-refractivity contribution >= 4 is 27.5 Å². The van der Waals surface area contributed by atoms with E-state index >= 15 is 0 Å². The van der Waals surface area contributed by atoms with Crippen molar-refractivity contribution in [1.82, 2.24) is 14.6 Å². The van der Waals surface area contributed by atoms with Crippen molar-refractivity contribution in [3.8, 4) is 0 Å². The van der Waals surface area contributed by atoms with Crippen molar-refractivity contribution in [3.63, 3.8) is 0 Å². The Balaban J connectivity index is 2.30. The summed E-state index contributed by atoms with van der Waals surface area (Å²) < 4.78 is 25.5. The molecule has 0 aliphatic carbocycles. The van der Waals surface area contributed by atoms with Crippen LogP contribution in [0.25, 0.3) is 0 Å². The second-order valence-electron chi connectivity index (χ2n) is 5.40. The van der Waals surface area contributed by atoms with E-state index in [-0.39, 0.29) is 21.5 Å². The fourth-order valence-corrected chi connectivity index (χ4v) is 3.19. The lowest BCUT2D eigenvalue weighted by Crippen LogP contribution is -2.28. The molecule has 128 valence electrons. The van der Waals surface area contributed by atoms with Crippen molar-refractivity contribution in [1.29, 1.82) is 0 Å². The normalized spacial score (nSPS) is 12.9. The minimum Gasteiger partial charge on any atom is -0.345 e. The molecule has 1 unspecified atom stereocenters. The summed E-state index contributed by atoms with van der Waals surface area (Å²) in [5.41, 5.74) is 0.993. The molecule has 0 bridgehead atoms. The lowest BCUT2D eigenvalue weighted by atomic mass is 10.1. The molecular weight excluding hydrogens is 350 g/mol. The molecule has 24 heavy (non-hydrogen) atoms. The monoisotopic (exact) mass is 367 g/mol. The van der Waals surface area contributed by atoms with Crippen molar-refractivity contribution in [2.75, 3.05) is 14.1 Å². The Morgan fingerprint density at radius 2 is 1.83 bits per heavy atom. The summed E-state index contributed by atoms with van der Waals surface area (Å²) >= 11 is 6.07. The summed E-state index contributed by atoms with van der Waals surface area (Å²) in [5.74, 6) is -0.444. The third kappa shape index (κ3) is 3.92. The number of sulfonamides is 1. The highest BCUT2D eigenvalue weighted by molar-refractivity contribution is 7.89. The van der Waals surface area contributed by atoms with Gasteiger partial charge >= 0.3 is 0 Å². The Labute approximate surface area is 146 Å². The molecule has 1 aromatic carbocycles. The molecule has 2 aromatic rings. The highest BCUT2D eigenvalue weighted by Gasteiger charge is 2.21. The van der Waals surface area contributed by atoms with Crippen LogP contribution in [0.1, 0.15) is 28.9 Å². The zero-order valence-corrected chi connectivity index (χ0v) is 15.1. The molecule has 0 radical (unpaired) electrons. The second kappa shape index (κ2) is 7.29. The molecule has 2 rings (SSSR count). The molecular formula is C16H18ClN3O3S. The van der Waals surface area contributed by atoms with Gasteiger partial charge in [0.1, 0.15) is 0 Å². The summed E-state index contributed by atoms with van der Waals surface area (Å²) in [5, 5.41) is 2.99. The minimum atomic E-state index is -3.64. The molecule has 8 heteroatoms. The van der Waals surface area contributed by atoms with Crippen LogP contribution in [-0.4, -0.2) is 37.7 Å². The van der Waals surface area contributed by atoms with E-state index < -0.39 is 15.9 Å². The van der Waals surface area contributed by atoms with Crippen LogP contribution in [-0.2, 0) is 10.0 Å². The first-order chi connectivity index (χ1) is 11.2. The quantitative estimate of drug-likeness (QED) is 0.880. The Kier molecular flexibility index (Phi) is 5.58. The SMILES string of the molecule is CC(NC(=O)c1cc(S(=O)(=O)N(C)C)ccc1Cl)c1ccncc1. The van der Waals surface area contributed by atoms with Gasteiger partial charge in [-0.2, -0.15) is 0 Å². The standard InChI is InChI=1S/C16H18ClN3O3S/c1-11(12-6-8-18-9-7-12)19-16(21)14-10-13(4-5-15(14)17)24(22,23)20(2)3/h4-11H,1-3H3,(H,19,21). The zero-order chi connectivity index (χ0) is 17.9. The molecule has 0 aliphatic rings. The number of nitrogens with zero attached hydrogens (tertiary/aromatic N) is 2. The molecule has 1 amide bonds. The van der Waals surface area contributed by atoms with Gasteiger partial charge in [0, 0.05) is 26.5 Å². The average molecular weight is 368 g/mol. The number of benzene rings is 1. The first kappa shape index (κ1) is 18.4. The third-order valence-corrected chi connectivity index (χ3v) is 5.66. The molecule has 0 fully saturated rings. The van der Waals surface area contributed by atoms with Gasteiger partial charge in [-0.1, -0.05) is 11.6 Å². The highest BCUT2D eigenvalue weighted by Crippen LogP contribution is 2.23. The Bertz CT molecular complexity index is 839. The van der Waals surface area contributed by atoms with Crippen molar-refractivity contribution < 1.29 is 13.2 Å². The van der Waals surface area contributed by atoms with Gasteiger partial charge in [-0.05, 0) is 42.8 Å². The van der Waals surface area contributed by atoms with Crippen LogP contribution < -0.4 is 5.32 Å². The molecule has 6 nitrogen and oxygen atoms in total. The number of hydrogen-bond donors (Lipinski definition) is 1. The lowest BCUT2D eigenvalue weighted by molar-refractivity contribution is 0.0940. The van der Waals surface area contributed by atoms with Crippen LogP contribution >= 0.6 is 11.6 Å². The van der Waals surface area contributed by atoms with Gasteiger partial charge in [-0.25, -0.2) is 12.7 Å². The number of hydrogen-bond acceptors (Lipinski definition) is 4. The van der Waals surface area contributed by atoms with Crippen LogP contribution in [0.15, 0.2) is 47.6 Å². The number of nitrogens with one attached hydrogen (secondary N) is 1. The predicted octanol–water partition coefficient (Wildman–Crippen LogP) is 2.48. The molecule has 0 aliphatic heterocycles. The maximum Gasteiger partial charge on any atom is 0.253 e. The predicted molar refractivity (Wildman–Crippen MR) is 92.4 cm³/mol. The largest absolute Gasteiger partial charge is 0.345 e. The van der Waals surface area contributed by atoms with Crippen LogP contribution in [0.2, 0.25) is 5.02 Å². The number of rotatable bonds is 5. The topological polar surface area (TPSA) is 79.4 Å². The Morgan fingerprint density at radius 1 is 1.21 bits per heavy atom. The number of pyridine rings is 1. The fraction of sp³-hybridized carbons (Fsp3) is 0.250. The summed E-state index contributed by atoms with van der Waals surface area (Å²) in [6.45, 7) is 1.82. The molecule has 1 aromatic heterocycles. The van der Waals surface area contributed by atoms with Gasteiger partial charge in [0.2, 0.25) is 10.0 Å². The fourth-order valence-electron chi connectivity index (χ4n) is 2.06. The van der Waals surface area contributed by atoms with Gasteiger partial charge < -0.3 is 5.32 Å². The summed E-state index contributed by atoms with van der Waals surface area (Å²) in [6.07, 6.45) is 3.27. The second-order valence-corrected chi connectivity index (χ2v) is 7.96. The Morgan fingerprint density at radius 3 is 2.42 bits per heavy atom. The van der Waals surface area contributed by atoms with Crippen molar-refractivity contribution in [2.24, 2.45) is 0 Å². The maximum absolute atomic E-state index is 12.5. The van der Waals surface area contributed by atoms with Gasteiger partial charge in [0.25, 0.3) is 5.91 Å². The smallest absolute Gasteiger partial charge is 0.253 e. The number of carbonyl (C=O) groups is 1. The number of amides is 1. The molecule has 0 saturated heterocycles. The first-order valence-corrected chi connectivity index (χ1v) is 8.98. The van der Waals surface area contributed by atoms with Crippen LogP contribution in [0, 0.1) is 0 Å². The van der Waals surface area contributed by atoms with Gasteiger partial charge in [-0.15, -0.1) is 0 Å².